The number of rotatable bonds is 7. The maximum absolute atomic E-state index is 13.0. The summed E-state index contributed by atoms with van der Waals surface area (Å²) in [5.41, 5.74) is 2.87. The van der Waals surface area contributed by atoms with Gasteiger partial charge < -0.3 is 15.4 Å². The normalized spacial score (nSPS) is 11.6. The van der Waals surface area contributed by atoms with E-state index in [4.69, 9.17) is 4.74 Å². The first-order valence-corrected chi connectivity index (χ1v) is 9.09. The van der Waals surface area contributed by atoms with Gasteiger partial charge in [0.2, 0.25) is 5.95 Å². The van der Waals surface area contributed by atoms with Gasteiger partial charge in [0.05, 0.1) is 12.8 Å². The van der Waals surface area contributed by atoms with E-state index in [1.54, 1.807) is 38.4 Å². The molecule has 3 aromatic rings. The number of ether oxygens (including phenoxy) is 1. The summed E-state index contributed by atoms with van der Waals surface area (Å²) >= 11 is 0. The van der Waals surface area contributed by atoms with Gasteiger partial charge in [-0.15, -0.1) is 0 Å². The number of nitrogens with one attached hydrogen (secondary N) is 2. The topological polar surface area (TPSA) is 89.0 Å². The summed E-state index contributed by atoms with van der Waals surface area (Å²) in [6.07, 6.45) is 2.88. The summed E-state index contributed by atoms with van der Waals surface area (Å²) in [7, 11) is 3.17. The van der Waals surface area contributed by atoms with Crippen LogP contribution in [0.2, 0.25) is 0 Å². The molecule has 1 amide bonds. The van der Waals surface area contributed by atoms with Crippen LogP contribution in [0.4, 0.5) is 10.2 Å². The van der Waals surface area contributed by atoms with Crippen LogP contribution < -0.4 is 15.4 Å². The van der Waals surface area contributed by atoms with Crippen LogP contribution in [0.3, 0.4) is 0 Å². The molecule has 29 heavy (non-hydrogen) atoms. The highest BCUT2D eigenvalue weighted by molar-refractivity contribution is 5.94. The number of halogens is 1. The highest BCUT2D eigenvalue weighted by atomic mass is 19.1. The number of carbonyl (C=O) groups is 1. The maximum atomic E-state index is 13.0. The molecule has 0 unspecified atom stereocenters. The van der Waals surface area contributed by atoms with Crippen LogP contribution in [-0.4, -0.2) is 41.6 Å². The first kappa shape index (κ1) is 20.2. The lowest BCUT2D eigenvalue weighted by molar-refractivity contribution is 0.0962. The number of amides is 1. The third-order valence-corrected chi connectivity index (χ3v) is 4.53. The molecule has 0 saturated heterocycles. The second kappa shape index (κ2) is 9.09. The molecule has 0 aliphatic rings. The zero-order valence-corrected chi connectivity index (χ0v) is 16.4. The molecular weight excluding hydrogens is 373 g/mol. The van der Waals surface area contributed by atoms with Crippen LogP contribution in [0.5, 0.6) is 5.75 Å². The van der Waals surface area contributed by atoms with E-state index in [0.29, 0.717) is 34.9 Å². The van der Waals surface area contributed by atoms with Gasteiger partial charge in [0.1, 0.15) is 17.9 Å². The third kappa shape index (κ3) is 4.84. The van der Waals surface area contributed by atoms with Crippen molar-refractivity contribution < 1.29 is 13.9 Å². The molecule has 8 heteroatoms. The van der Waals surface area contributed by atoms with Crippen molar-refractivity contribution in [1.29, 1.82) is 0 Å². The number of benzene rings is 1. The second-order valence-corrected chi connectivity index (χ2v) is 6.48. The van der Waals surface area contributed by atoms with Crippen LogP contribution in [0.25, 0.3) is 11.3 Å². The molecule has 0 fully saturated rings. The minimum atomic E-state index is -0.536. The molecule has 0 bridgehead atoms. The summed E-state index contributed by atoms with van der Waals surface area (Å²) in [4.78, 5) is 23.9. The van der Waals surface area contributed by atoms with Crippen LogP contribution in [0.15, 0.2) is 48.9 Å². The molecule has 1 atom stereocenters. The maximum Gasteiger partial charge on any atom is 0.251 e. The van der Waals surface area contributed by atoms with Crippen LogP contribution >= 0.6 is 0 Å². The predicted molar refractivity (Wildman–Crippen MR) is 109 cm³/mol. The molecule has 0 aliphatic carbocycles. The van der Waals surface area contributed by atoms with Gasteiger partial charge in [0, 0.05) is 42.9 Å². The Hall–Kier alpha value is -3.55. The number of anilines is 1. The first-order chi connectivity index (χ1) is 14.0. The summed E-state index contributed by atoms with van der Waals surface area (Å²) in [6.45, 7) is 2.64. The van der Waals surface area contributed by atoms with Gasteiger partial charge in [-0.2, -0.15) is 4.39 Å². The van der Waals surface area contributed by atoms with E-state index in [2.05, 4.69) is 32.5 Å². The Balaban J connectivity index is 1.72. The second-order valence-electron chi connectivity index (χ2n) is 6.48. The van der Waals surface area contributed by atoms with Crippen LogP contribution in [-0.2, 0) is 0 Å². The van der Waals surface area contributed by atoms with Crippen molar-refractivity contribution in [1.82, 2.24) is 20.3 Å². The van der Waals surface area contributed by atoms with Gasteiger partial charge >= 0.3 is 0 Å². The van der Waals surface area contributed by atoms with Crippen LogP contribution in [0.1, 0.15) is 28.8 Å². The largest absolute Gasteiger partial charge is 0.496 e. The van der Waals surface area contributed by atoms with Crippen molar-refractivity contribution in [3.05, 3.63) is 66.0 Å². The molecular formula is C21H22FN5O2. The number of hydrogen-bond donors (Lipinski definition) is 2. The minimum Gasteiger partial charge on any atom is -0.496 e. The Bertz CT molecular complexity index is 995. The Morgan fingerprint density at radius 2 is 2.00 bits per heavy atom. The fraction of sp³-hybridized carbons (Fsp3) is 0.238. The number of aromatic nitrogens is 3. The van der Waals surface area contributed by atoms with E-state index < -0.39 is 5.95 Å². The predicted octanol–water partition coefficient (Wildman–Crippen LogP) is 3.26. The van der Waals surface area contributed by atoms with E-state index >= 15 is 0 Å². The van der Waals surface area contributed by atoms with Gasteiger partial charge in [-0.05, 0) is 29.8 Å². The van der Waals surface area contributed by atoms with Crippen molar-refractivity contribution in [2.45, 2.75) is 12.8 Å². The number of nitrogens with zero attached hydrogens (tertiary/aromatic N) is 3. The lowest BCUT2D eigenvalue weighted by Gasteiger charge is -2.17. The fourth-order valence-corrected chi connectivity index (χ4v) is 2.91. The highest BCUT2D eigenvalue weighted by Gasteiger charge is 2.15. The molecule has 1 aromatic carbocycles. The van der Waals surface area contributed by atoms with Gasteiger partial charge in [-0.25, -0.2) is 15.0 Å². The summed E-state index contributed by atoms with van der Waals surface area (Å²) in [5, 5.41) is 5.89. The monoisotopic (exact) mass is 395 g/mol. The lowest BCUT2D eigenvalue weighted by Crippen LogP contribution is -2.18. The van der Waals surface area contributed by atoms with Gasteiger partial charge in [-0.1, -0.05) is 13.0 Å². The molecule has 7 nitrogen and oxygen atoms in total. The van der Waals surface area contributed by atoms with Gasteiger partial charge in [-0.3, -0.25) is 4.79 Å². The third-order valence-electron chi connectivity index (χ3n) is 4.53. The minimum absolute atomic E-state index is 0.0922. The number of carbonyl (C=O) groups excluding carboxylic acids is 1. The van der Waals surface area contributed by atoms with Crippen molar-refractivity contribution in [2.75, 3.05) is 26.0 Å². The van der Waals surface area contributed by atoms with Crippen molar-refractivity contribution in [2.24, 2.45) is 0 Å². The Kier molecular flexibility index (Phi) is 6.33. The molecule has 150 valence electrons. The van der Waals surface area contributed by atoms with Crippen molar-refractivity contribution in [3.63, 3.8) is 0 Å². The molecule has 0 radical (unpaired) electrons. The first-order valence-electron chi connectivity index (χ1n) is 9.09. The summed E-state index contributed by atoms with van der Waals surface area (Å²) < 4.78 is 18.5. The number of methoxy groups -OCH3 is 1. The van der Waals surface area contributed by atoms with Crippen molar-refractivity contribution in [3.8, 4) is 17.0 Å². The molecule has 0 aliphatic heterocycles. The van der Waals surface area contributed by atoms with E-state index in [0.717, 1.165) is 5.56 Å². The summed E-state index contributed by atoms with van der Waals surface area (Å²) in [5.74, 6) is 0.693. The van der Waals surface area contributed by atoms with E-state index in [9.17, 15) is 9.18 Å². The number of hydrogen-bond acceptors (Lipinski definition) is 6. The molecule has 2 N–H and O–H groups in total. The van der Waals surface area contributed by atoms with E-state index in [-0.39, 0.29) is 11.8 Å². The Morgan fingerprint density at radius 3 is 2.69 bits per heavy atom. The smallest absolute Gasteiger partial charge is 0.251 e. The fourth-order valence-electron chi connectivity index (χ4n) is 2.91. The number of pyridine rings is 1. The highest BCUT2D eigenvalue weighted by Crippen LogP contribution is 2.28. The quantitative estimate of drug-likeness (QED) is 0.597. The molecule has 3 rings (SSSR count). The summed E-state index contributed by atoms with van der Waals surface area (Å²) in [6, 6.07) is 10.1. The van der Waals surface area contributed by atoms with E-state index in [1.807, 2.05) is 6.07 Å². The van der Waals surface area contributed by atoms with Crippen LogP contribution in [0, 0.1) is 5.95 Å². The zero-order valence-electron chi connectivity index (χ0n) is 16.4. The Morgan fingerprint density at radius 1 is 1.17 bits per heavy atom. The average molecular weight is 395 g/mol. The van der Waals surface area contributed by atoms with Gasteiger partial charge in [0.25, 0.3) is 5.91 Å². The Labute approximate surface area is 168 Å². The van der Waals surface area contributed by atoms with Gasteiger partial charge in [0.15, 0.2) is 0 Å². The standard InChI is InChI=1S/C21H22FN5O2/c1-13(16-6-4-14(21(28)23-2)8-18(16)29-3)10-25-20-9-17(26-12-27-20)15-5-7-19(22)24-11-15/h4-9,11-13H,10H2,1-3H3,(H,23,28)(H,25,26,27)/t13-/m1/s1. The molecule has 2 aromatic heterocycles. The van der Waals surface area contributed by atoms with Crippen molar-refractivity contribution >= 4 is 11.7 Å². The SMILES string of the molecule is CNC(=O)c1ccc([C@H](C)CNc2cc(-c3ccc(F)nc3)ncn2)c(OC)c1. The lowest BCUT2D eigenvalue weighted by atomic mass is 9.98. The average Bonchev–Trinajstić information content (AvgIpc) is 2.77. The molecule has 0 spiro atoms. The zero-order chi connectivity index (χ0) is 20.8. The molecule has 2 heterocycles. The molecule has 0 saturated carbocycles. The van der Waals surface area contributed by atoms with E-state index in [1.165, 1.54) is 18.6 Å².